The molecule has 0 aliphatic heterocycles. The first-order chi connectivity index (χ1) is 22.0. The minimum absolute atomic E-state index is 0.150. The molecule has 1 unspecified atom stereocenters. The van der Waals surface area contributed by atoms with Gasteiger partial charge >= 0.3 is 0 Å². The average Bonchev–Trinajstić information content (AvgIpc) is 3.32. The highest BCUT2D eigenvalue weighted by molar-refractivity contribution is 6.14. The van der Waals surface area contributed by atoms with Crippen molar-refractivity contribution in [1.82, 2.24) is 5.32 Å². The van der Waals surface area contributed by atoms with E-state index in [0.717, 1.165) is 11.3 Å². The van der Waals surface area contributed by atoms with Gasteiger partial charge in [0, 0.05) is 23.2 Å². The highest BCUT2D eigenvalue weighted by Crippen LogP contribution is 2.51. The maximum atomic E-state index is 6.94. The Morgan fingerprint density at radius 3 is 2.18 bits per heavy atom. The second-order valence-corrected chi connectivity index (χ2v) is 12.7. The van der Waals surface area contributed by atoms with E-state index in [4.69, 9.17) is 5.73 Å². The zero-order valence-electron chi connectivity index (χ0n) is 25.7. The fourth-order valence-corrected chi connectivity index (χ4v) is 7.58. The number of nitrogens with two attached hydrogens (primary N) is 1. The number of hydrogen-bond acceptors (Lipinski definition) is 2. The molecule has 2 heteroatoms. The van der Waals surface area contributed by atoms with Crippen molar-refractivity contribution >= 4 is 38.0 Å². The van der Waals surface area contributed by atoms with Gasteiger partial charge in [0.1, 0.15) is 0 Å². The fraction of sp³-hybridized carbons (Fsp3) is 0.116. The van der Waals surface area contributed by atoms with Crippen LogP contribution in [0.4, 0.5) is 0 Å². The molecule has 0 saturated heterocycles. The third-order valence-corrected chi connectivity index (χ3v) is 9.72. The number of benzene rings is 7. The Morgan fingerprint density at radius 2 is 1.33 bits per heavy atom. The lowest BCUT2D eigenvalue weighted by Gasteiger charge is -2.26. The van der Waals surface area contributed by atoms with E-state index in [9.17, 15) is 0 Å². The van der Waals surface area contributed by atoms with Gasteiger partial charge in [-0.2, -0.15) is 0 Å². The zero-order valence-corrected chi connectivity index (χ0v) is 25.7. The second-order valence-electron chi connectivity index (χ2n) is 12.7. The Kier molecular flexibility index (Phi) is 6.55. The molecule has 0 fully saturated rings. The maximum Gasteiger partial charge on any atom is 0.0504 e. The van der Waals surface area contributed by atoms with E-state index in [-0.39, 0.29) is 11.5 Å². The van der Waals surface area contributed by atoms with Crippen LogP contribution < -0.4 is 11.1 Å². The molecule has 0 bridgehead atoms. The lowest BCUT2D eigenvalue weighted by molar-refractivity contribution is 0.657. The van der Waals surface area contributed by atoms with Crippen LogP contribution in [0.3, 0.4) is 0 Å². The second kappa shape index (κ2) is 10.8. The monoisotopic (exact) mass is 580 g/mol. The Hall–Kier alpha value is -5.18. The van der Waals surface area contributed by atoms with Gasteiger partial charge in [0.15, 0.2) is 0 Å². The molecule has 1 aliphatic carbocycles. The average molecular weight is 581 g/mol. The van der Waals surface area contributed by atoms with Crippen molar-refractivity contribution < 1.29 is 0 Å². The normalized spacial score (nSPS) is 14.4. The predicted octanol–water partition coefficient (Wildman–Crippen LogP) is 10.3. The van der Waals surface area contributed by atoms with Gasteiger partial charge in [-0.25, -0.2) is 0 Å². The summed E-state index contributed by atoms with van der Waals surface area (Å²) in [6.45, 7) is 5.36. The molecule has 3 N–H and O–H groups in total. The van der Waals surface area contributed by atoms with Crippen LogP contribution in [0.1, 0.15) is 47.7 Å². The smallest absolute Gasteiger partial charge is 0.0504 e. The molecule has 7 aromatic rings. The van der Waals surface area contributed by atoms with Gasteiger partial charge in [0.05, 0.1) is 6.04 Å². The molecular formula is C43H36N2. The summed E-state index contributed by atoms with van der Waals surface area (Å²) in [6.07, 6.45) is 2.22. The van der Waals surface area contributed by atoms with Crippen molar-refractivity contribution in [1.29, 1.82) is 0 Å². The van der Waals surface area contributed by atoms with Crippen molar-refractivity contribution in [2.45, 2.75) is 31.8 Å². The third-order valence-electron chi connectivity index (χ3n) is 9.72. The SMILES string of the molecule is CC1(C)c2ccccc2-c2cccc(/C(=C/C(N)c3ccccc3)NCc3c4ccccc4cc4ccc5ccccc5c34)c21. The highest BCUT2D eigenvalue weighted by Gasteiger charge is 2.37. The van der Waals surface area contributed by atoms with Gasteiger partial charge in [0.25, 0.3) is 0 Å². The molecule has 1 aliphatic rings. The molecule has 45 heavy (non-hydrogen) atoms. The van der Waals surface area contributed by atoms with Crippen LogP contribution in [0.2, 0.25) is 0 Å². The van der Waals surface area contributed by atoms with Crippen molar-refractivity contribution in [3.8, 4) is 11.1 Å². The van der Waals surface area contributed by atoms with Gasteiger partial charge in [-0.05, 0) is 77.8 Å². The van der Waals surface area contributed by atoms with Crippen LogP contribution in [-0.2, 0) is 12.0 Å². The van der Waals surface area contributed by atoms with Gasteiger partial charge < -0.3 is 11.1 Å². The Balaban J connectivity index is 1.32. The van der Waals surface area contributed by atoms with E-state index >= 15 is 0 Å². The van der Waals surface area contributed by atoms with Crippen molar-refractivity contribution in [2.24, 2.45) is 5.73 Å². The van der Waals surface area contributed by atoms with Crippen LogP contribution in [0.25, 0.3) is 49.1 Å². The van der Waals surface area contributed by atoms with E-state index in [1.54, 1.807) is 0 Å². The van der Waals surface area contributed by atoms with Crippen LogP contribution in [-0.4, -0.2) is 0 Å². The molecule has 0 heterocycles. The third kappa shape index (κ3) is 4.53. The first-order valence-corrected chi connectivity index (χ1v) is 15.8. The summed E-state index contributed by atoms with van der Waals surface area (Å²) in [5, 5.41) is 11.6. The number of hydrogen-bond donors (Lipinski definition) is 2. The number of rotatable bonds is 6. The minimum Gasteiger partial charge on any atom is -0.381 e. The van der Waals surface area contributed by atoms with Crippen LogP contribution in [0.15, 0.2) is 146 Å². The molecule has 8 rings (SSSR count). The van der Waals surface area contributed by atoms with Gasteiger partial charge in [-0.3, -0.25) is 0 Å². The molecule has 0 spiro atoms. The topological polar surface area (TPSA) is 38.0 Å². The van der Waals surface area contributed by atoms with Crippen molar-refractivity contribution in [3.63, 3.8) is 0 Å². The first kappa shape index (κ1) is 27.4. The lowest BCUT2D eigenvalue weighted by Crippen LogP contribution is -2.21. The van der Waals surface area contributed by atoms with Crippen LogP contribution in [0.5, 0.6) is 0 Å². The van der Waals surface area contributed by atoms with E-state index in [1.807, 2.05) is 6.07 Å². The predicted molar refractivity (Wildman–Crippen MR) is 191 cm³/mol. The molecule has 0 saturated carbocycles. The Bertz CT molecular complexity index is 2260. The summed E-state index contributed by atoms with van der Waals surface area (Å²) >= 11 is 0. The molecule has 0 aromatic heterocycles. The molecule has 0 amide bonds. The van der Waals surface area contributed by atoms with E-state index in [1.165, 1.54) is 65.7 Å². The van der Waals surface area contributed by atoms with Gasteiger partial charge in [-0.15, -0.1) is 0 Å². The standard InChI is InChI=1S/C43H36N2/c1-43(2)38-22-11-10-19-34(38)35-20-12-21-36(42(35)43)40(26-39(44)29-14-4-3-5-15-29)45-27-37-32-17-8-7-16-30(32)25-31-24-23-28-13-6-9-18-33(28)41(31)37/h3-26,39,45H,27,44H2,1-2H3/b40-26-. The quantitative estimate of drug-likeness (QED) is 0.152. The van der Waals surface area contributed by atoms with E-state index < -0.39 is 0 Å². The largest absolute Gasteiger partial charge is 0.381 e. The lowest BCUT2D eigenvalue weighted by atomic mass is 9.79. The number of fused-ring (bicyclic) bond motifs is 7. The molecule has 7 aromatic carbocycles. The minimum atomic E-state index is -0.262. The van der Waals surface area contributed by atoms with Crippen molar-refractivity contribution in [3.05, 3.63) is 173 Å². The van der Waals surface area contributed by atoms with Gasteiger partial charge in [-0.1, -0.05) is 147 Å². The summed E-state index contributed by atoms with van der Waals surface area (Å²) in [5.74, 6) is 0. The Morgan fingerprint density at radius 1 is 0.667 bits per heavy atom. The first-order valence-electron chi connectivity index (χ1n) is 15.8. The van der Waals surface area contributed by atoms with Crippen LogP contribution >= 0.6 is 0 Å². The molecule has 2 nitrogen and oxygen atoms in total. The summed E-state index contributed by atoms with van der Waals surface area (Å²) < 4.78 is 0. The summed E-state index contributed by atoms with van der Waals surface area (Å²) in [7, 11) is 0. The Labute approximate surface area is 264 Å². The van der Waals surface area contributed by atoms with E-state index in [0.29, 0.717) is 6.54 Å². The molecule has 1 atom stereocenters. The van der Waals surface area contributed by atoms with E-state index in [2.05, 4.69) is 159 Å². The fourth-order valence-electron chi connectivity index (χ4n) is 7.58. The maximum absolute atomic E-state index is 6.94. The molecule has 218 valence electrons. The van der Waals surface area contributed by atoms with Gasteiger partial charge in [0.2, 0.25) is 0 Å². The van der Waals surface area contributed by atoms with Crippen LogP contribution in [0, 0.1) is 0 Å². The van der Waals surface area contributed by atoms with Crippen molar-refractivity contribution in [2.75, 3.05) is 0 Å². The highest BCUT2D eigenvalue weighted by atomic mass is 14.9. The summed E-state index contributed by atoms with van der Waals surface area (Å²) in [5.41, 5.74) is 16.8. The molecule has 0 radical (unpaired) electrons. The molecular weight excluding hydrogens is 544 g/mol. The number of nitrogens with one attached hydrogen (secondary N) is 1. The summed E-state index contributed by atoms with van der Waals surface area (Å²) in [4.78, 5) is 0. The zero-order chi connectivity index (χ0) is 30.5. The summed E-state index contributed by atoms with van der Waals surface area (Å²) in [6, 6.07) is 50.0.